The molecule has 1 unspecified atom stereocenters. The Morgan fingerprint density at radius 1 is 1.20 bits per heavy atom. The summed E-state index contributed by atoms with van der Waals surface area (Å²) in [5, 5.41) is 0. The Bertz CT molecular complexity index is 494. The first kappa shape index (κ1) is 15.0. The average molecular weight is 280 g/mol. The van der Waals surface area contributed by atoms with Crippen LogP contribution >= 0.6 is 0 Å². The second-order valence-corrected chi connectivity index (χ2v) is 5.35. The summed E-state index contributed by atoms with van der Waals surface area (Å²) in [6.07, 6.45) is 7.42. The van der Waals surface area contributed by atoms with Crippen LogP contribution in [0.3, 0.4) is 0 Å². The first-order valence-corrected chi connectivity index (χ1v) is 7.47. The molecule has 0 heterocycles. The van der Waals surface area contributed by atoms with Gasteiger partial charge in [-0.25, -0.2) is 4.39 Å². The van der Waals surface area contributed by atoms with Gasteiger partial charge in [0, 0.05) is 5.56 Å². The molecule has 0 bridgehead atoms. The van der Waals surface area contributed by atoms with E-state index in [2.05, 4.69) is 13.0 Å². The number of halogens is 2. The van der Waals surface area contributed by atoms with E-state index in [9.17, 15) is 8.78 Å². The highest BCUT2D eigenvalue weighted by atomic mass is 19.2. The van der Waals surface area contributed by atoms with Crippen LogP contribution < -0.4 is 4.74 Å². The topological polar surface area (TPSA) is 9.23 Å². The lowest BCUT2D eigenvalue weighted by molar-refractivity contribution is 0.314. The van der Waals surface area contributed by atoms with Crippen molar-refractivity contribution in [1.29, 1.82) is 0 Å². The van der Waals surface area contributed by atoms with Crippen LogP contribution in [-0.4, -0.2) is 6.61 Å². The molecule has 1 nitrogen and oxygen atoms in total. The monoisotopic (exact) mass is 280 g/mol. The molecule has 0 amide bonds. The van der Waals surface area contributed by atoms with Crippen LogP contribution in [0.1, 0.15) is 51.5 Å². The molecule has 1 aromatic carbocycles. The van der Waals surface area contributed by atoms with Crippen molar-refractivity contribution in [2.75, 3.05) is 6.61 Å². The quantitative estimate of drug-likeness (QED) is 0.682. The molecule has 0 saturated carbocycles. The van der Waals surface area contributed by atoms with Crippen molar-refractivity contribution in [3.05, 3.63) is 35.4 Å². The maximum Gasteiger partial charge on any atom is 0.201 e. The van der Waals surface area contributed by atoms with Crippen molar-refractivity contribution >= 4 is 5.57 Å². The van der Waals surface area contributed by atoms with Gasteiger partial charge in [-0.2, -0.15) is 4.39 Å². The van der Waals surface area contributed by atoms with E-state index in [1.807, 2.05) is 0 Å². The summed E-state index contributed by atoms with van der Waals surface area (Å²) < 4.78 is 33.1. The Kier molecular flexibility index (Phi) is 5.16. The van der Waals surface area contributed by atoms with Crippen molar-refractivity contribution in [3.63, 3.8) is 0 Å². The largest absolute Gasteiger partial charge is 0.491 e. The first-order chi connectivity index (χ1) is 9.67. The maximum absolute atomic E-state index is 14.1. The zero-order valence-corrected chi connectivity index (χ0v) is 12.2. The van der Waals surface area contributed by atoms with Gasteiger partial charge in [-0.1, -0.05) is 25.8 Å². The third kappa shape index (κ3) is 3.20. The molecule has 1 atom stereocenters. The van der Waals surface area contributed by atoms with E-state index in [0.717, 1.165) is 24.8 Å². The Balaban J connectivity index is 2.12. The zero-order chi connectivity index (χ0) is 14.5. The number of benzene rings is 1. The molecule has 1 aliphatic rings. The van der Waals surface area contributed by atoms with Crippen molar-refractivity contribution in [3.8, 4) is 5.75 Å². The van der Waals surface area contributed by atoms with E-state index >= 15 is 0 Å². The number of allylic oxidation sites excluding steroid dienone is 2. The summed E-state index contributed by atoms with van der Waals surface area (Å²) in [6, 6.07) is 3.16. The summed E-state index contributed by atoms with van der Waals surface area (Å²) in [4.78, 5) is 0. The summed E-state index contributed by atoms with van der Waals surface area (Å²) in [6.45, 7) is 4.26. The molecule has 20 heavy (non-hydrogen) atoms. The maximum atomic E-state index is 14.1. The highest BCUT2D eigenvalue weighted by Crippen LogP contribution is 2.37. The van der Waals surface area contributed by atoms with E-state index in [-0.39, 0.29) is 5.75 Å². The SMILES string of the molecule is CCCCC1CC=C(c2ccc(OCC)c(F)c2F)C1. The second kappa shape index (κ2) is 6.87. The molecule has 3 heteroatoms. The number of unbranched alkanes of at least 4 members (excludes halogenated alkanes) is 1. The second-order valence-electron chi connectivity index (χ2n) is 5.35. The number of hydrogen-bond acceptors (Lipinski definition) is 1. The zero-order valence-electron chi connectivity index (χ0n) is 12.2. The summed E-state index contributed by atoms with van der Waals surface area (Å²) in [5.74, 6) is -1.07. The molecule has 1 aromatic rings. The number of rotatable bonds is 6. The third-order valence-corrected chi connectivity index (χ3v) is 3.86. The minimum absolute atomic E-state index is 0.00474. The molecular formula is C17H22F2O. The molecular weight excluding hydrogens is 258 g/mol. The molecule has 1 aliphatic carbocycles. The summed E-state index contributed by atoms with van der Waals surface area (Å²) >= 11 is 0. The summed E-state index contributed by atoms with van der Waals surface area (Å²) in [7, 11) is 0. The molecule has 110 valence electrons. The molecule has 0 N–H and O–H groups in total. The van der Waals surface area contributed by atoms with Gasteiger partial charge in [0.2, 0.25) is 5.82 Å². The van der Waals surface area contributed by atoms with Gasteiger partial charge in [-0.15, -0.1) is 0 Å². The van der Waals surface area contributed by atoms with Gasteiger partial charge in [-0.05, 0) is 49.8 Å². The van der Waals surface area contributed by atoms with Crippen LogP contribution in [0.15, 0.2) is 18.2 Å². The van der Waals surface area contributed by atoms with E-state index < -0.39 is 11.6 Å². The van der Waals surface area contributed by atoms with Crippen molar-refractivity contribution < 1.29 is 13.5 Å². The fourth-order valence-electron chi connectivity index (χ4n) is 2.77. The molecule has 0 spiro atoms. The van der Waals surface area contributed by atoms with Gasteiger partial charge in [0.05, 0.1) is 6.61 Å². The molecule has 0 radical (unpaired) electrons. The smallest absolute Gasteiger partial charge is 0.201 e. The standard InChI is InChI=1S/C17H22F2O/c1-3-5-6-12-7-8-13(11-12)14-9-10-15(20-4-2)17(19)16(14)18/h8-10,12H,3-7,11H2,1-2H3. The predicted octanol–water partition coefficient (Wildman–Crippen LogP) is 5.35. The average Bonchev–Trinajstić information content (AvgIpc) is 2.90. The lowest BCUT2D eigenvalue weighted by Crippen LogP contribution is -2.01. The van der Waals surface area contributed by atoms with E-state index in [4.69, 9.17) is 4.74 Å². The molecule has 0 aromatic heterocycles. The lowest BCUT2D eigenvalue weighted by Gasteiger charge is -2.12. The van der Waals surface area contributed by atoms with Gasteiger partial charge >= 0.3 is 0 Å². The van der Waals surface area contributed by atoms with Crippen LogP contribution in [0.5, 0.6) is 5.75 Å². The van der Waals surface area contributed by atoms with E-state index in [1.165, 1.54) is 18.9 Å². The highest BCUT2D eigenvalue weighted by molar-refractivity contribution is 5.68. The Labute approximate surface area is 119 Å². The molecule has 2 rings (SSSR count). The Morgan fingerprint density at radius 2 is 2.00 bits per heavy atom. The summed E-state index contributed by atoms with van der Waals surface area (Å²) in [5.41, 5.74) is 1.33. The van der Waals surface area contributed by atoms with Crippen molar-refractivity contribution in [2.45, 2.75) is 46.0 Å². The fourth-order valence-corrected chi connectivity index (χ4v) is 2.77. The van der Waals surface area contributed by atoms with Crippen molar-refractivity contribution in [2.24, 2.45) is 5.92 Å². The third-order valence-electron chi connectivity index (χ3n) is 3.86. The van der Waals surface area contributed by atoms with Crippen LogP contribution in [0.25, 0.3) is 5.57 Å². The number of ether oxygens (including phenoxy) is 1. The molecule has 0 fully saturated rings. The number of hydrogen-bond donors (Lipinski definition) is 0. The Hall–Kier alpha value is -1.38. The minimum atomic E-state index is -0.873. The first-order valence-electron chi connectivity index (χ1n) is 7.47. The highest BCUT2D eigenvalue weighted by Gasteiger charge is 2.22. The van der Waals surface area contributed by atoms with Gasteiger partial charge in [0.25, 0.3) is 0 Å². The normalized spacial score (nSPS) is 18.2. The lowest BCUT2D eigenvalue weighted by atomic mass is 9.96. The van der Waals surface area contributed by atoms with E-state index in [1.54, 1.807) is 13.0 Å². The van der Waals surface area contributed by atoms with Gasteiger partial charge < -0.3 is 4.74 Å². The van der Waals surface area contributed by atoms with Crippen molar-refractivity contribution in [1.82, 2.24) is 0 Å². The minimum Gasteiger partial charge on any atom is -0.491 e. The van der Waals surface area contributed by atoms with E-state index in [0.29, 0.717) is 18.1 Å². The molecule has 0 saturated heterocycles. The fraction of sp³-hybridized carbons (Fsp3) is 0.529. The van der Waals surface area contributed by atoms with Gasteiger partial charge in [0.1, 0.15) is 0 Å². The van der Waals surface area contributed by atoms with Gasteiger partial charge in [0.15, 0.2) is 11.6 Å². The van der Waals surface area contributed by atoms with Crippen LogP contribution in [0.2, 0.25) is 0 Å². The Morgan fingerprint density at radius 3 is 2.70 bits per heavy atom. The predicted molar refractivity (Wildman–Crippen MR) is 77.8 cm³/mol. The van der Waals surface area contributed by atoms with Crippen LogP contribution in [0, 0.1) is 17.6 Å². The molecule has 0 aliphatic heterocycles. The van der Waals surface area contributed by atoms with Gasteiger partial charge in [-0.3, -0.25) is 0 Å². The van der Waals surface area contributed by atoms with Crippen LogP contribution in [-0.2, 0) is 0 Å². The van der Waals surface area contributed by atoms with Crippen LogP contribution in [0.4, 0.5) is 8.78 Å².